The van der Waals surface area contributed by atoms with Crippen LogP contribution in [0.4, 0.5) is 0 Å². The summed E-state index contributed by atoms with van der Waals surface area (Å²) >= 11 is 12.5. The Bertz CT molecular complexity index is 531. The van der Waals surface area contributed by atoms with Gasteiger partial charge in [0.25, 0.3) is 0 Å². The van der Waals surface area contributed by atoms with Crippen molar-refractivity contribution in [3.05, 3.63) is 52.0 Å². The second kappa shape index (κ2) is 6.42. The van der Waals surface area contributed by atoms with E-state index in [4.69, 9.17) is 23.2 Å². The van der Waals surface area contributed by atoms with Crippen molar-refractivity contribution in [2.75, 3.05) is 7.05 Å². The quantitative estimate of drug-likeness (QED) is 0.913. The van der Waals surface area contributed by atoms with Crippen LogP contribution in [0.2, 0.25) is 10.0 Å². The standard InChI is InChI=1S/C14H17Cl2N3/c1-17-12(6-7-13-18-8-9-19(13)2)14-10(15)4-3-5-11(14)16/h3-5,8-9,12,17H,6-7H2,1-2H3. The smallest absolute Gasteiger partial charge is 0.108 e. The molecule has 0 bridgehead atoms. The molecular formula is C14H17Cl2N3. The van der Waals surface area contributed by atoms with Gasteiger partial charge in [-0.1, -0.05) is 29.3 Å². The zero-order valence-corrected chi connectivity index (χ0v) is 12.5. The lowest BCUT2D eigenvalue weighted by Crippen LogP contribution is -2.18. The van der Waals surface area contributed by atoms with E-state index in [1.165, 1.54) is 0 Å². The topological polar surface area (TPSA) is 29.9 Å². The SMILES string of the molecule is CNC(CCc1nccn1C)c1c(Cl)cccc1Cl. The maximum atomic E-state index is 6.25. The largest absolute Gasteiger partial charge is 0.338 e. The number of imidazole rings is 1. The minimum atomic E-state index is 0.123. The van der Waals surface area contributed by atoms with Crippen LogP contribution in [0, 0.1) is 0 Å². The highest BCUT2D eigenvalue weighted by Gasteiger charge is 2.17. The van der Waals surface area contributed by atoms with E-state index in [0.717, 1.165) is 24.2 Å². The van der Waals surface area contributed by atoms with E-state index in [9.17, 15) is 0 Å². The normalized spacial score (nSPS) is 12.6. The zero-order valence-electron chi connectivity index (χ0n) is 11.0. The van der Waals surface area contributed by atoms with Crippen molar-refractivity contribution in [2.24, 2.45) is 7.05 Å². The van der Waals surface area contributed by atoms with Crippen LogP contribution in [0.3, 0.4) is 0 Å². The fourth-order valence-electron chi connectivity index (χ4n) is 2.19. The Morgan fingerprint density at radius 2 is 2.00 bits per heavy atom. The van der Waals surface area contributed by atoms with E-state index in [1.54, 1.807) is 0 Å². The predicted molar refractivity (Wildman–Crippen MR) is 79.8 cm³/mol. The Hall–Kier alpha value is -1.03. The molecule has 19 heavy (non-hydrogen) atoms. The Labute approximate surface area is 123 Å². The molecule has 0 spiro atoms. The van der Waals surface area contributed by atoms with E-state index >= 15 is 0 Å². The summed E-state index contributed by atoms with van der Waals surface area (Å²) in [6.45, 7) is 0. The summed E-state index contributed by atoms with van der Waals surface area (Å²) < 4.78 is 2.03. The van der Waals surface area contributed by atoms with Crippen molar-refractivity contribution in [3.63, 3.8) is 0 Å². The third-order valence-electron chi connectivity index (χ3n) is 3.27. The molecule has 0 aliphatic carbocycles. The monoisotopic (exact) mass is 297 g/mol. The lowest BCUT2D eigenvalue weighted by molar-refractivity contribution is 0.536. The summed E-state index contributed by atoms with van der Waals surface area (Å²) in [5.41, 5.74) is 0.961. The van der Waals surface area contributed by atoms with Crippen LogP contribution in [0.15, 0.2) is 30.6 Å². The number of aromatic nitrogens is 2. The fraction of sp³-hybridized carbons (Fsp3) is 0.357. The summed E-state index contributed by atoms with van der Waals surface area (Å²) in [7, 11) is 3.92. The second-order valence-electron chi connectivity index (χ2n) is 4.47. The van der Waals surface area contributed by atoms with Gasteiger partial charge in [-0.15, -0.1) is 0 Å². The summed E-state index contributed by atoms with van der Waals surface area (Å²) in [4.78, 5) is 4.33. The van der Waals surface area contributed by atoms with Gasteiger partial charge in [-0.3, -0.25) is 0 Å². The van der Waals surface area contributed by atoms with Gasteiger partial charge in [-0.25, -0.2) is 4.98 Å². The number of aryl methyl sites for hydroxylation is 2. The highest BCUT2D eigenvalue weighted by atomic mass is 35.5. The molecule has 0 saturated carbocycles. The maximum Gasteiger partial charge on any atom is 0.108 e. The van der Waals surface area contributed by atoms with Gasteiger partial charge >= 0.3 is 0 Å². The minimum Gasteiger partial charge on any atom is -0.338 e. The van der Waals surface area contributed by atoms with Gasteiger partial charge in [0.1, 0.15) is 5.82 Å². The van der Waals surface area contributed by atoms with Crippen LogP contribution in [0.1, 0.15) is 23.9 Å². The summed E-state index contributed by atoms with van der Waals surface area (Å²) in [5.74, 6) is 1.06. The molecule has 0 saturated heterocycles. The molecule has 2 rings (SSSR count). The van der Waals surface area contributed by atoms with Crippen LogP contribution in [0.5, 0.6) is 0 Å². The fourth-order valence-corrected chi connectivity index (χ4v) is 2.85. The number of halogens is 2. The van der Waals surface area contributed by atoms with Gasteiger partial charge in [0, 0.05) is 47.5 Å². The summed E-state index contributed by atoms with van der Waals surface area (Å²) in [5, 5.41) is 4.68. The third-order valence-corrected chi connectivity index (χ3v) is 3.93. The Balaban J connectivity index is 2.15. The van der Waals surface area contributed by atoms with Crippen molar-refractivity contribution in [1.29, 1.82) is 0 Å². The predicted octanol–water partition coefficient (Wildman–Crippen LogP) is 3.62. The Morgan fingerprint density at radius 3 is 2.53 bits per heavy atom. The molecule has 1 aromatic carbocycles. The molecule has 102 valence electrons. The molecule has 0 aliphatic rings. The molecule has 0 radical (unpaired) electrons. The molecule has 5 heteroatoms. The number of hydrogen-bond donors (Lipinski definition) is 1. The molecule has 1 heterocycles. The summed E-state index contributed by atoms with van der Waals surface area (Å²) in [6, 6.07) is 5.72. The highest BCUT2D eigenvalue weighted by molar-refractivity contribution is 6.36. The molecule has 1 N–H and O–H groups in total. The highest BCUT2D eigenvalue weighted by Crippen LogP contribution is 2.32. The Kier molecular flexibility index (Phi) is 4.86. The first-order valence-corrected chi connectivity index (χ1v) is 6.96. The van der Waals surface area contributed by atoms with Crippen molar-refractivity contribution < 1.29 is 0 Å². The van der Waals surface area contributed by atoms with E-state index in [2.05, 4.69) is 10.3 Å². The molecule has 1 aromatic heterocycles. The number of hydrogen-bond acceptors (Lipinski definition) is 2. The van der Waals surface area contributed by atoms with Crippen LogP contribution in [-0.4, -0.2) is 16.6 Å². The van der Waals surface area contributed by atoms with Gasteiger partial charge in [-0.2, -0.15) is 0 Å². The first-order chi connectivity index (χ1) is 9.13. The molecule has 0 aliphatic heterocycles. The lowest BCUT2D eigenvalue weighted by Gasteiger charge is -2.19. The van der Waals surface area contributed by atoms with Crippen molar-refractivity contribution in [3.8, 4) is 0 Å². The first kappa shape index (κ1) is 14.4. The van der Waals surface area contributed by atoms with Gasteiger partial charge < -0.3 is 9.88 Å². The minimum absolute atomic E-state index is 0.123. The lowest BCUT2D eigenvalue weighted by atomic mass is 10.0. The van der Waals surface area contributed by atoms with E-state index in [-0.39, 0.29) is 6.04 Å². The van der Waals surface area contributed by atoms with Crippen molar-refractivity contribution in [2.45, 2.75) is 18.9 Å². The van der Waals surface area contributed by atoms with E-state index in [1.807, 2.05) is 49.3 Å². The molecule has 0 amide bonds. The van der Waals surface area contributed by atoms with Gasteiger partial charge in [0.05, 0.1) is 0 Å². The van der Waals surface area contributed by atoms with Gasteiger partial charge in [0.2, 0.25) is 0 Å². The first-order valence-electron chi connectivity index (χ1n) is 6.21. The van der Waals surface area contributed by atoms with Crippen molar-refractivity contribution in [1.82, 2.24) is 14.9 Å². The summed E-state index contributed by atoms with van der Waals surface area (Å²) in [6.07, 6.45) is 5.53. The molecule has 1 unspecified atom stereocenters. The average Bonchev–Trinajstić information content (AvgIpc) is 2.78. The van der Waals surface area contributed by atoms with Crippen LogP contribution >= 0.6 is 23.2 Å². The number of rotatable bonds is 5. The van der Waals surface area contributed by atoms with Gasteiger partial charge in [-0.05, 0) is 25.6 Å². The number of nitrogens with zero attached hydrogens (tertiary/aromatic N) is 2. The zero-order chi connectivity index (χ0) is 13.8. The van der Waals surface area contributed by atoms with Gasteiger partial charge in [0.15, 0.2) is 0 Å². The molecular weight excluding hydrogens is 281 g/mol. The number of nitrogens with one attached hydrogen (secondary N) is 1. The molecule has 3 nitrogen and oxygen atoms in total. The molecule has 0 fully saturated rings. The second-order valence-corrected chi connectivity index (χ2v) is 5.28. The maximum absolute atomic E-state index is 6.25. The van der Waals surface area contributed by atoms with Crippen LogP contribution < -0.4 is 5.32 Å². The number of benzene rings is 1. The van der Waals surface area contributed by atoms with Crippen LogP contribution in [0.25, 0.3) is 0 Å². The molecule has 1 atom stereocenters. The Morgan fingerprint density at radius 1 is 1.32 bits per heavy atom. The van der Waals surface area contributed by atoms with E-state index < -0.39 is 0 Å². The van der Waals surface area contributed by atoms with Crippen molar-refractivity contribution >= 4 is 23.2 Å². The molecule has 2 aromatic rings. The third kappa shape index (κ3) is 3.30. The van der Waals surface area contributed by atoms with Crippen LogP contribution in [-0.2, 0) is 13.5 Å². The van der Waals surface area contributed by atoms with E-state index in [0.29, 0.717) is 10.0 Å². The average molecular weight is 298 g/mol.